The number of anilines is 1. The molecule has 0 bridgehead atoms. The normalized spacial score (nSPS) is 10.6. The standard InChI is InChI=1S/C14H12BrN5O/c1-21-13-8-9(6-7-11(13)16)14-17-18-19-20(14)12-5-3-2-4-10(12)15/h2-8H,16H2,1H3. The number of halogens is 1. The zero-order chi connectivity index (χ0) is 14.8. The van der Waals surface area contributed by atoms with Crippen LogP contribution in [0.5, 0.6) is 5.75 Å². The molecule has 1 heterocycles. The molecule has 0 unspecified atom stereocenters. The average Bonchev–Trinajstić information content (AvgIpc) is 2.97. The lowest BCUT2D eigenvalue weighted by molar-refractivity contribution is 0.417. The first-order chi connectivity index (χ1) is 10.2. The molecule has 0 saturated heterocycles. The smallest absolute Gasteiger partial charge is 0.187 e. The van der Waals surface area contributed by atoms with Gasteiger partial charge in [0.1, 0.15) is 5.75 Å². The minimum Gasteiger partial charge on any atom is -0.495 e. The van der Waals surface area contributed by atoms with E-state index in [2.05, 4.69) is 31.5 Å². The molecule has 0 amide bonds. The van der Waals surface area contributed by atoms with Gasteiger partial charge in [-0.2, -0.15) is 4.68 Å². The van der Waals surface area contributed by atoms with Crippen molar-refractivity contribution in [1.29, 1.82) is 0 Å². The van der Waals surface area contributed by atoms with E-state index >= 15 is 0 Å². The van der Waals surface area contributed by atoms with Crippen LogP contribution in [0.1, 0.15) is 0 Å². The molecule has 3 rings (SSSR count). The molecular weight excluding hydrogens is 334 g/mol. The molecule has 2 aromatic carbocycles. The molecular formula is C14H12BrN5O. The van der Waals surface area contributed by atoms with Crippen LogP contribution in [0.2, 0.25) is 0 Å². The highest BCUT2D eigenvalue weighted by atomic mass is 79.9. The predicted octanol–water partition coefficient (Wildman–Crippen LogP) is 2.68. The van der Waals surface area contributed by atoms with Crippen LogP contribution in [-0.2, 0) is 0 Å². The van der Waals surface area contributed by atoms with Crippen molar-refractivity contribution in [3.05, 3.63) is 46.9 Å². The van der Waals surface area contributed by atoms with Gasteiger partial charge in [0.15, 0.2) is 5.82 Å². The maximum atomic E-state index is 5.84. The van der Waals surface area contributed by atoms with E-state index in [1.165, 1.54) is 0 Å². The van der Waals surface area contributed by atoms with Crippen molar-refractivity contribution in [2.24, 2.45) is 0 Å². The van der Waals surface area contributed by atoms with Gasteiger partial charge in [-0.05, 0) is 56.7 Å². The van der Waals surface area contributed by atoms with Crippen molar-refractivity contribution in [3.8, 4) is 22.8 Å². The first-order valence-corrected chi connectivity index (χ1v) is 6.97. The topological polar surface area (TPSA) is 78.9 Å². The highest BCUT2D eigenvalue weighted by molar-refractivity contribution is 9.10. The number of aromatic nitrogens is 4. The number of para-hydroxylation sites is 1. The summed E-state index contributed by atoms with van der Waals surface area (Å²) in [6, 6.07) is 13.2. The Labute approximate surface area is 129 Å². The van der Waals surface area contributed by atoms with Gasteiger partial charge in [-0.3, -0.25) is 0 Å². The number of methoxy groups -OCH3 is 1. The molecule has 0 fully saturated rings. The fourth-order valence-corrected chi connectivity index (χ4v) is 2.46. The number of benzene rings is 2. The number of nitrogen functional groups attached to an aromatic ring is 1. The third-order valence-electron chi connectivity index (χ3n) is 3.04. The van der Waals surface area contributed by atoms with Gasteiger partial charge in [-0.1, -0.05) is 12.1 Å². The Morgan fingerprint density at radius 3 is 2.76 bits per heavy atom. The number of hydrogen-bond acceptors (Lipinski definition) is 5. The van der Waals surface area contributed by atoms with E-state index in [1.54, 1.807) is 17.9 Å². The number of ether oxygens (including phenoxy) is 1. The van der Waals surface area contributed by atoms with E-state index in [0.29, 0.717) is 17.3 Å². The summed E-state index contributed by atoms with van der Waals surface area (Å²) in [6.45, 7) is 0. The van der Waals surface area contributed by atoms with Crippen LogP contribution in [0.3, 0.4) is 0 Å². The maximum Gasteiger partial charge on any atom is 0.187 e. The lowest BCUT2D eigenvalue weighted by Gasteiger charge is -2.09. The van der Waals surface area contributed by atoms with E-state index in [1.807, 2.05) is 36.4 Å². The summed E-state index contributed by atoms with van der Waals surface area (Å²) in [5.74, 6) is 1.20. The third kappa shape index (κ3) is 2.47. The summed E-state index contributed by atoms with van der Waals surface area (Å²) >= 11 is 3.50. The predicted molar refractivity (Wildman–Crippen MR) is 83.3 cm³/mol. The molecule has 3 aromatic rings. The van der Waals surface area contributed by atoms with Crippen LogP contribution in [0, 0.1) is 0 Å². The Bertz CT molecular complexity index is 787. The molecule has 0 atom stereocenters. The van der Waals surface area contributed by atoms with Crippen LogP contribution >= 0.6 is 15.9 Å². The SMILES string of the molecule is COc1cc(-c2nnnn2-c2ccccc2Br)ccc1N. The molecule has 0 radical (unpaired) electrons. The van der Waals surface area contributed by atoms with E-state index in [0.717, 1.165) is 15.7 Å². The van der Waals surface area contributed by atoms with E-state index < -0.39 is 0 Å². The number of tetrazole rings is 1. The van der Waals surface area contributed by atoms with Crippen LogP contribution in [0.15, 0.2) is 46.9 Å². The van der Waals surface area contributed by atoms with Gasteiger partial charge in [0.2, 0.25) is 0 Å². The molecule has 0 spiro atoms. The van der Waals surface area contributed by atoms with E-state index in [-0.39, 0.29) is 0 Å². The minimum atomic E-state index is 0.571. The fourth-order valence-electron chi connectivity index (χ4n) is 2.00. The average molecular weight is 346 g/mol. The van der Waals surface area contributed by atoms with Crippen molar-refractivity contribution in [1.82, 2.24) is 20.2 Å². The number of nitrogens with zero attached hydrogens (tertiary/aromatic N) is 4. The van der Waals surface area contributed by atoms with Crippen LogP contribution in [-0.4, -0.2) is 27.3 Å². The Morgan fingerprint density at radius 1 is 1.19 bits per heavy atom. The van der Waals surface area contributed by atoms with Crippen molar-refractivity contribution in [2.45, 2.75) is 0 Å². The maximum absolute atomic E-state index is 5.84. The van der Waals surface area contributed by atoms with Crippen molar-refractivity contribution in [2.75, 3.05) is 12.8 Å². The highest BCUT2D eigenvalue weighted by Crippen LogP contribution is 2.29. The first-order valence-electron chi connectivity index (χ1n) is 6.18. The quantitative estimate of drug-likeness (QED) is 0.738. The van der Waals surface area contributed by atoms with Gasteiger partial charge in [0.25, 0.3) is 0 Å². The van der Waals surface area contributed by atoms with Gasteiger partial charge in [0.05, 0.1) is 18.5 Å². The van der Waals surface area contributed by atoms with E-state index in [9.17, 15) is 0 Å². The summed E-state index contributed by atoms with van der Waals surface area (Å²) in [4.78, 5) is 0. The molecule has 0 aliphatic heterocycles. The van der Waals surface area contributed by atoms with Gasteiger partial charge in [0, 0.05) is 10.0 Å². The number of hydrogen-bond donors (Lipinski definition) is 1. The second kappa shape index (κ2) is 5.53. The molecule has 0 saturated carbocycles. The molecule has 0 aliphatic rings. The summed E-state index contributed by atoms with van der Waals surface area (Å²) in [5, 5.41) is 11.9. The van der Waals surface area contributed by atoms with Crippen molar-refractivity contribution < 1.29 is 4.74 Å². The Kier molecular flexibility index (Phi) is 3.57. The van der Waals surface area contributed by atoms with Crippen molar-refractivity contribution in [3.63, 3.8) is 0 Å². The van der Waals surface area contributed by atoms with Crippen LogP contribution in [0.25, 0.3) is 17.1 Å². The van der Waals surface area contributed by atoms with Crippen LogP contribution < -0.4 is 10.5 Å². The van der Waals surface area contributed by atoms with Gasteiger partial charge < -0.3 is 10.5 Å². The minimum absolute atomic E-state index is 0.571. The lowest BCUT2D eigenvalue weighted by atomic mass is 10.1. The third-order valence-corrected chi connectivity index (χ3v) is 3.71. The number of rotatable bonds is 3. The molecule has 6 nitrogen and oxygen atoms in total. The molecule has 7 heteroatoms. The Hall–Kier alpha value is -2.41. The van der Waals surface area contributed by atoms with Gasteiger partial charge >= 0.3 is 0 Å². The Morgan fingerprint density at radius 2 is 2.00 bits per heavy atom. The van der Waals surface area contributed by atoms with Gasteiger partial charge in [-0.15, -0.1) is 5.10 Å². The molecule has 0 aliphatic carbocycles. The second-order valence-corrected chi connectivity index (χ2v) is 5.18. The fraction of sp³-hybridized carbons (Fsp3) is 0.0714. The van der Waals surface area contributed by atoms with E-state index in [4.69, 9.17) is 10.5 Å². The summed E-state index contributed by atoms with van der Waals surface area (Å²) < 4.78 is 7.81. The van der Waals surface area contributed by atoms with Crippen molar-refractivity contribution >= 4 is 21.6 Å². The zero-order valence-corrected chi connectivity index (χ0v) is 12.8. The zero-order valence-electron chi connectivity index (χ0n) is 11.2. The molecule has 21 heavy (non-hydrogen) atoms. The highest BCUT2D eigenvalue weighted by Gasteiger charge is 2.14. The molecule has 106 valence electrons. The summed E-state index contributed by atoms with van der Waals surface area (Å²) in [5.41, 5.74) is 8.08. The summed E-state index contributed by atoms with van der Waals surface area (Å²) in [6.07, 6.45) is 0. The Balaban J connectivity index is 2.14. The van der Waals surface area contributed by atoms with Gasteiger partial charge in [-0.25, -0.2) is 0 Å². The molecule has 1 aromatic heterocycles. The summed E-state index contributed by atoms with van der Waals surface area (Å²) in [7, 11) is 1.58. The van der Waals surface area contributed by atoms with Crippen LogP contribution in [0.4, 0.5) is 5.69 Å². The first kappa shape index (κ1) is 13.6. The second-order valence-electron chi connectivity index (χ2n) is 4.32. The lowest BCUT2D eigenvalue weighted by Crippen LogP contribution is -2.01. The largest absolute Gasteiger partial charge is 0.495 e. The number of nitrogens with two attached hydrogens (primary N) is 1. The molecule has 2 N–H and O–H groups in total. The monoisotopic (exact) mass is 345 g/mol.